The third kappa shape index (κ3) is 6.15. The maximum absolute atomic E-state index is 2.46. The van der Waals surface area contributed by atoms with Crippen LogP contribution in [0.1, 0.15) is 0 Å². The van der Waals surface area contributed by atoms with Crippen LogP contribution < -0.4 is 4.90 Å². The van der Waals surface area contributed by atoms with Crippen LogP contribution in [0.3, 0.4) is 0 Å². The molecule has 0 atom stereocenters. The van der Waals surface area contributed by atoms with Crippen LogP contribution >= 0.6 is 11.3 Å². The highest BCUT2D eigenvalue weighted by molar-refractivity contribution is 7.26. The van der Waals surface area contributed by atoms with Gasteiger partial charge >= 0.3 is 0 Å². The quantitative estimate of drug-likeness (QED) is 0.145. The summed E-state index contributed by atoms with van der Waals surface area (Å²) in [6.07, 6.45) is 0. The van der Waals surface area contributed by atoms with Gasteiger partial charge in [0.2, 0.25) is 0 Å². The third-order valence-corrected chi connectivity index (χ3v) is 13.6. The summed E-state index contributed by atoms with van der Waals surface area (Å²) >= 11 is 1.88. The monoisotopic (exact) mass is 805 g/mol. The van der Waals surface area contributed by atoms with Gasteiger partial charge in [0.15, 0.2) is 0 Å². The minimum absolute atomic E-state index is 1.10. The lowest BCUT2D eigenvalue weighted by Crippen LogP contribution is -2.10. The van der Waals surface area contributed by atoms with E-state index >= 15 is 0 Å². The zero-order chi connectivity index (χ0) is 41.0. The predicted molar refractivity (Wildman–Crippen MR) is 268 cm³/mol. The molecule has 0 saturated heterocycles. The van der Waals surface area contributed by atoms with Crippen molar-refractivity contribution in [1.29, 1.82) is 0 Å². The van der Waals surface area contributed by atoms with Gasteiger partial charge in [0.1, 0.15) is 0 Å². The van der Waals surface area contributed by atoms with Crippen molar-refractivity contribution in [1.82, 2.24) is 0 Å². The average molecular weight is 806 g/mol. The maximum Gasteiger partial charge on any atom is 0.0640 e. The van der Waals surface area contributed by atoms with E-state index in [0.29, 0.717) is 0 Å². The number of fused-ring (bicyclic) bond motifs is 7. The fourth-order valence-electron chi connectivity index (χ4n) is 9.51. The van der Waals surface area contributed by atoms with Crippen molar-refractivity contribution in [3.63, 3.8) is 0 Å². The predicted octanol–water partition coefficient (Wildman–Crippen LogP) is 17.7. The maximum atomic E-state index is 2.46. The van der Waals surface area contributed by atoms with E-state index < -0.39 is 0 Å². The van der Waals surface area contributed by atoms with Gasteiger partial charge < -0.3 is 4.90 Å². The minimum atomic E-state index is 1.10. The van der Waals surface area contributed by atoms with Crippen LogP contribution in [0, 0.1) is 0 Å². The van der Waals surface area contributed by atoms with Gasteiger partial charge in [-0.05, 0) is 125 Å². The van der Waals surface area contributed by atoms with E-state index in [1.807, 2.05) is 11.3 Å². The van der Waals surface area contributed by atoms with Gasteiger partial charge in [0.05, 0.1) is 10.4 Å². The summed E-state index contributed by atoms with van der Waals surface area (Å²) in [6.45, 7) is 0. The molecule has 0 aliphatic carbocycles. The molecule has 62 heavy (non-hydrogen) atoms. The smallest absolute Gasteiger partial charge is 0.0640 e. The molecule has 0 saturated carbocycles. The standard InChI is InChI=1S/C60H39NS/c1-3-16-40(17-4-1)50-35-34-47(39-55(50)41-18-5-2-6-19-41)61(58-29-15-28-54-57-36-43-20-7-8-21-44(43)38-59(57)62-60(54)58)46-32-30-42(31-33-46)48-23-11-12-26-52(48)56-37-45-22-9-10-24-49(45)51-25-13-14-27-53(51)56/h1-39H. The van der Waals surface area contributed by atoms with E-state index in [1.54, 1.807) is 0 Å². The Morgan fingerprint density at radius 3 is 1.58 bits per heavy atom. The van der Waals surface area contributed by atoms with Crippen LogP contribution in [0.2, 0.25) is 0 Å². The first kappa shape index (κ1) is 36.1. The Hall–Kier alpha value is -7.78. The highest BCUT2D eigenvalue weighted by Gasteiger charge is 2.21. The van der Waals surface area contributed by atoms with E-state index in [0.717, 1.165) is 17.1 Å². The van der Waals surface area contributed by atoms with Crippen molar-refractivity contribution in [3.8, 4) is 44.5 Å². The lowest BCUT2D eigenvalue weighted by atomic mass is 9.89. The molecule has 0 N–H and O–H groups in total. The van der Waals surface area contributed by atoms with E-state index in [4.69, 9.17) is 0 Å². The molecule has 1 heterocycles. The molecule has 0 bridgehead atoms. The van der Waals surface area contributed by atoms with Crippen molar-refractivity contribution < 1.29 is 0 Å². The number of nitrogens with zero attached hydrogens (tertiary/aromatic N) is 1. The van der Waals surface area contributed by atoms with Crippen LogP contribution in [0.25, 0.3) is 97.0 Å². The second-order valence-electron chi connectivity index (χ2n) is 16.0. The Labute approximate surface area is 365 Å². The molecule has 1 nitrogen and oxygen atoms in total. The van der Waals surface area contributed by atoms with Gasteiger partial charge in [0.25, 0.3) is 0 Å². The SMILES string of the molecule is c1ccc(-c2ccc(N(c3ccc(-c4ccccc4-c4cc5ccccc5c5ccccc45)cc3)c3cccc4c3sc3cc5ccccc5cc34)cc2-c2ccccc2)cc1. The van der Waals surface area contributed by atoms with Crippen molar-refractivity contribution in [2.75, 3.05) is 4.90 Å². The number of thiophene rings is 1. The Morgan fingerprint density at radius 1 is 0.274 bits per heavy atom. The fraction of sp³-hybridized carbons (Fsp3) is 0. The largest absolute Gasteiger partial charge is 0.309 e. The van der Waals surface area contributed by atoms with Crippen molar-refractivity contribution in [2.24, 2.45) is 0 Å². The topological polar surface area (TPSA) is 3.24 Å². The summed E-state index contributed by atoms with van der Waals surface area (Å²) in [5.41, 5.74) is 13.0. The summed E-state index contributed by atoms with van der Waals surface area (Å²) in [5, 5.41) is 10.2. The first-order chi connectivity index (χ1) is 30.7. The Bertz CT molecular complexity index is 3620. The molecular formula is C60H39NS. The summed E-state index contributed by atoms with van der Waals surface area (Å²) in [6, 6.07) is 86.7. The molecular weight excluding hydrogens is 767 g/mol. The molecule has 11 aromatic carbocycles. The second-order valence-corrected chi connectivity index (χ2v) is 17.1. The Balaban J connectivity index is 1.05. The van der Waals surface area contributed by atoms with Crippen LogP contribution in [-0.4, -0.2) is 0 Å². The Morgan fingerprint density at radius 2 is 0.823 bits per heavy atom. The second kappa shape index (κ2) is 15.0. The molecule has 0 fully saturated rings. The number of benzene rings is 11. The molecule has 1 aromatic heterocycles. The molecule has 0 radical (unpaired) electrons. The summed E-state index contributed by atoms with van der Waals surface area (Å²) in [4.78, 5) is 2.46. The molecule has 0 spiro atoms. The molecule has 12 rings (SSSR count). The van der Waals surface area contributed by atoms with Gasteiger partial charge in [-0.2, -0.15) is 0 Å². The zero-order valence-electron chi connectivity index (χ0n) is 33.9. The lowest BCUT2D eigenvalue weighted by Gasteiger charge is -2.27. The number of anilines is 3. The fourth-order valence-corrected chi connectivity index (χ4v) is 10.7. The van der Waals surface area contributed by atoms with Crippen molar-refractivity contribution in [3.05, 3.63) is 237 Å². The lowest BCUT2D eigenvalue weighted by molar-refractivity contribution is 1.30. The summed E-state index contributed by atoms with van der Waals surface area (Å²) < 4.78 is 2.56. The molecule has 0 amide bonds. The first-order valence-electron chi connectivity index (χ1n) is 21.2. The molecule has 0 aliphatic heterocycles. The number of hydrogen-bond donors (Lipinski definition) is 0. The normalized spacial score (nSPS) is 11.5. The minimum Gasteiger partial charge on any atom is -0.309 e. The van der Waals surface area contributed by atoms with Crippen LogP contribution in [0.4, 0.5) is 17.1 Å². The van der Waals surface area contributed by atoms with Gasteiger partial charge in [0, 0.05) is 26.8 Å². The van der Waals surface area contributed by atoms with Crippen LogP contribution in [-0.2, 0) is 0 Å². The highest BCUT2D eigenvalue weighted by atomic mass is 32.1. The molecule has 0 unspecified atom stereocenters. The molecule has 2 heteroatoms. The molecule has 290 valence electrons. The first-order valence-corrected chi connectivity index (χ1v) is 22.1. The summed E-state index contributed by atoms with van der Waals surface area (Å²) in [5.74, 6) is 0. The third-order valence-electron chi connectivity index (χ3n) is 12.4. The van der Waals surface area contributed by atoms with Gasteiger partial charge in [-0.15, -0.1) is 11.3 Å². The van der Waals surface area contributed by atoms with Gasteiger partial charge in [-0.3, -0.25) is 0 Å². The van der Waals surface area contributed by atoms with Crippen molar-refractivity contribution >= 4 is 80.9 Å². The summed E-state index contributed by atoms with van der Waals surface area (Å²) in [7, 11) is 0. The van der Waals surface area contributed by atoms with E-state index in [9.17, 15) is 0 Å². The number of hydrogen-bond acceptors (Lipinski definition) is 2. The number of rotatable bonds is 7. The van der Waals surface area contributed by atoms with Crippen LogP contribution in [0.15, 0.2) is 237 Å². The van der Waals surface area contributed by atoms with Crippen molar-refractivity contribution in [2.45, 2.75) is 0 Å². The average Bonchev–Trinajstić information content (AvgIpc) is 3.72. The highest BCUT2D eigenvalue weighted by Crippen LogP contribution is 2.48. The Kier molecular flexibility index (Phi) is 8.76. The zero-order valence-corrected chi connectivity index (χ0v) is 34.7. The van der Waals surface area contributed by atoms with E-state index in [-0.39, 0.29) is 0 Å². The molecule has 12 aromatic rings. The van der Waals surface area contributed by atoms with Gasteiger partial charge in [-0.25, -0.2) is 0 Å². The van der Waals surface area contributed by atoms with E-state index in [2.05, 4.69) is 241 Å². The van der Waals surface area contributed by atoms with Crippen LogP contribution in [0.5, 0.6) is 0 Å². The van der Waals surface area contributed by atoms with Gasteiger partial charge in [-0.1, -0.05) is 188 Å². The van der Waals surface area contributed by atoms with E-state index in [1.165, 1.54) is 97.0 Å². The molecule has 0 aliphatic rings.